The number of benzene rings is 1. The molecule has 1 aliphatic heterocycles. The molecular formula is C14H13N3O. The van der Waals surface area contributed by atoms with Crippen LogP contribution in [0.3, 0.4) is 0 Å². The molecule has 1 aromatic carbocycles. The molecule has 1 amide bonds. The number of hydrogen-bond donors (Lipinski definition) is 1. The van der Waals surface area contributed by atoms with Gasteiger partial charge < -0.3 is 10.6 Å². The molecule has 0 unspecified atom stereocenters. The molecule has 2 aromatic rings. The van der Waals surface area contributed by atoms with E-state index in [1.54, 1.807) is 17.3 Å². The van der Waals surface area contributed by atoms with Gasteiger partial charge in [-0.25, -0.2) is 0 Å². The quantitative estimate of drug-likeness (QED) is 0.812. The van der Waals surface area contributed by atoms with Gasteiger partial charge in [0, 0.05) is 12.4 Å². The Hall–Kier alpha value is -2.36. The first-order chi connectivity index (χ1) is 8.75. The fraction of sp³-hybridized carbons (Fsp3) is 0.143. The number of rotatable bonds is 2. The Bertz CT molecular complexity index is 595. The minimum atomic E-state index is 0.0970. The third-order valence-electron chi connectivity index (χ3n) is 3.15. The lowest BCUT2D eigenvalue weighted by molar-refractivity contribution is -0.117. The Morgan fingerprint density at radius 1 is 1.22 bits per heavy atom. The van der Waals surface area contributed by atoms with Crippen LogP contribution in [0.5, 0.6) is 0 Å². The number of carbonyl (C=O) groups excluding carboxylic acids is 1. The van der Waals surface area contributed by atoms with E-state index in [0.717, 1.165) is 16.8 Å². The molecule has 90 valence electrons. The van der Waals surface area contributed by atoms with E-state index in [4.69, 9.17) is 5.73 Å². The van der Waals surface area contributed by atoms with E-state index >= 15 is 0 Å². The van der Waals surface area contributed by atoms with Gasteiger partial charge in [-0.05, 0) is 29.3 Å². The molecular weight excluding hydrogens is 226 g/mol. The molecule has 1 aliphatic rings. The van der Waals surface area contributed by atoms with E-state index in [0.29, 0.717) is 18.7 Å². The summed E-state index contributed by atoms with van der Waals surface area (Å²) in [6.45, 7) is 0.544. The van der Waals surface area contributed by atoms with Gasteiger partial charge in [-0.15, -0.1) is 0 Å². The highest BCUT2D eigenvalue weighted by Crippen LogP contribution is 2.35. The second-order valence-corrected chi connectivity index (χ2v) is 4.37. The van der Waals surface area contributed by atoms with Crippen molar-refractivity contribution >= 4 is 17.3 Å². The number of carbonyl (C=O) groups is 1. The molecule has 2 N–H and O–H groups in total. The van der Waals surface area contributed by atoms with Crippen molar-refractivity contribution < 1.29 is 4.79 Å². The average molecular weight is 239 g/mol. The number of aromatic nitrogens is 1. The molecule has 18 heavy (non-hydrogen) atoms. The Labute approximate surface area is 105 Å². The Kier molecular flexibility index (Phi) is 2.48. The third kappa shape index (κ3) is 1.72. The van der Waals surface area contributed by atoms with Crippen molar-refractivity contribution in [1.29, 1.82) is 0 Å². The van der Waals surface area contributed by atoms with Crippen molar-refractivity contribution in [1.82, 2.24) is 4.98 Å². The zero-order valence-corrected chi connectivity index (χ0v) is 9.84. The van der Waals surface area contributed by atoms with Crippen LogP contribution in [-0.2, 0) is 17.8 Å². The SMILES string of the molecule is Nc1cccc2c1N(Cc1ccncc1)C(=O)C2. The number of anilines is 2. The number of pyridine rings is 1. The summed E-state index contributed by atoms with van der Waals surface area (Å²) in [6, 6.07) is 9.49. The summed E-state index contributed by atoms with van der Waals surface area (Å²) >= 11 is 0. The van der Waals surface area contributed by atoms with Gasteiger partial charge in [0.15, 0.2) is 0 Å². The van der Waals surface area contributed by atoms with Gasteiger partial charge in [0.25, 0.3) is 0 Å². The summed E-state index contributed by atoms with van der Waals surface area (Å²) < 4.78 is 0. The lowest BCUT2D eigenvalue weighted by atomic mass is 10.1. The number of nitrogens with zero attached hydrogens (tertiary/aromatic N) is 2. The summed E-state index contributed by atoms with van der Waals surface area (Å²) in [4.78, 5) is 17.8. The zero-order chi connectivity index (χ0) is 12.5. The zero-order valence-electron chi connectivity index (χ0n) is 9.84. The van der Waals surface area contributed by atoms with Crippen LogP contribution in [0.25, 0.3) is 0 Å². The fourth-order valence-electron chi connectivity index (χ4n) is 2.30. The molecule has 0 saturated heterocycles. The second kappa shape index (κ2) is 4.14. The van der Waals surface area contributed by atoms with Gasteiger partial charge in [0.1, 0.15) is 0 Å². The Morgan fingerprint density at radius 2 is 2.00 bits per heavy atom. The predicted octanol–water partition coefficient (Wildman–Crippen LogP) is 1.75. The molecule has 2 heterocycles. The van der Waals surface area contributed by atoms with Crippen LogP contribution in [-0.4, -0.2) is 10.9 Å². The normalized spacial score (nSPS) is 13.8. The molecule has 4 heteroatoms. The lowest BCUT2D eigenvalue weighted by Gasteiger charge is -2.19. The maximum absolute atomic E-state index is 12.0. The molecule has 1 aromatic heterocycles. The van der Waals surface area contributed by atoms with Crippen molar-refractivity contribution in [3.8, 4) is 0 Å². The number of nitrogen functional groups attached to an aromatic ring is 1. The molecule has 0 spiro atoms. The van der Waals surface area contributed by atoms with Gasteiger partial charge >= 0.3 is 0 Å². The van der Waals surface area contributed by atoms with Crippen molar-refractivity contribution in [2.75, 3.05) is 10.6 Å². The highest BCUT2D eigenvalue weighted by molar-refractivity contribution is 6.04. The van der Waals surface area contributed by atoms with Crippen LogP contribution in [0.2, 0.25) is 0 Å². The maximum atomic E-state index is 12.0. The number of amides is 1. The van der Waals surface area contributed by atoms with Crippen molar-refractivity contribution in [3.63, 3.8) is 0 Å². The molecule has 0 atom stereocenters. The molecule has 0 aliphatic carbocycles. The van der Waals surface area contributed by atoms with Crippen molar-refractivity contribution in [3.05, 3.63) is 53.9 Å². The summed E-state index contributed by atoms with van der Waals surface area (Å²) in [5.74, 6) is 0.0970. The first kappa shape index (κ1) is 10.8. The van der Waals surface area contributed by atoms with Crippen LogP contribution in [0.15, 0.2) is 42.7 Å². The van der Waals surface area contributed by atoms with Crippen molar-refractivity contribution in [2.45, 2.75) is 13.0 Å². The van der Waals surface area contributed by atoms with Crippen LogP contribution in [0.1, 0.15) is 11.1 Å². The molecule has 0 fully saturated rings. The van der Waals surface area contributed by atoms with Crippen LogP contribution in [0, 0.1) is 0 Å². The van der Waals surface area contributed by atoms with E-state index in [-0.39, 0.29) is 5.91 Å². The lowest BCUT2D eigenvalue weighted by Crippen LogP contribution is -2.26. The highest BCUT2D eigenvalue weighted by Gasteiger charge is 2.28. The van der Waals surface area contributed by atoms with E-state index in [9.17, 15) is 4.79 Å². The molecule has 0 bridgehead atoms. The summed E-state index contributed by atoms with van der Waals surface area (Å²) in [6.07, 6.45) is 3.89. The maximum Gasteiger partial charge on any atom is 0.231 e. The summed E-state index contributed by atoms with van der Waals surface area (Å²) in [7, 11) is 0. The topological polar surface area (TPSA) is 59.2 Å². The third-order valence-corrected chi connectivity index (χ3v) is 3.15. The number of para-hydroxylation sites is 1. The minimum absolute atomic E-state index is 0.0970. The monoisotopic (exact) mass is 239 g/mol. The van der Waals surface area contributed by atoms with Crippen LogP contribution >= 0.6 is 0 Å². The van der Waals surface area contributed by atoms with Crippen molar-refractivity contribution in [2.24, 2.45) is 0 Å². The minimum Gasteiger partial charge on any atom is -0.397 e. The highest BCUT2D eigenvalue weighted by atomic mass is 16.2. The van der Waals surface area contributed by atoms with E-state index in [1.165, 1.54) is 0 Å². The van der Waals surface area contributed by atoms with Crippen LogP contribution < -0.4 is 10.6 Å². The second-order valence-electron chi connectivity index (χ2n) is 4.37. The van der Waals surface area contributed by atoms with Gasteiger partial charge in [-0.2, -0.15) is 0 Å². The number of fused-ring (bicyclic) bond motifs is 1. The average Bonchev–Trinajstić information content (AvgIpc) is 2.69. The van der Waals surface area contributed by atoms with Gasteiger partial charge in [0.05, 0.1) is 24.3 Å². The smallest absolute Gasteiger partial charge is 0.231 e. The number of hydrogen-bond acceptors (Lipinski definition) is 3. The largest absolute Gasteiger partial charge is 0.397 e. The first-order valence-electron chi connectivity index (χ1n) is 5.82. The number of nitrogens with two attached hydrogens (primary N) is 1. The van der Waals surface area contributed by atoms with Gasteiger partial charge in [-0.1, -0.05) is 12.1 Å². The standard InChI is InChI=1S/C14H13N3O/c15-12-3-1-2-11-8-13(18)17(14(11)12)9-10-4-6-16-7-5-10/h1-7H,8-9,15H2. The summed E-state index contributed by atoms with van der Waals surface area (Å²) in [5.41, 5.74) is 9.55. The van der Waals surface area contributed by atoms with E-state index in [2.05, 4.69) is 4.98 Å². The fourth-order valence-corrected chi connectivity index (χ4v) is 2.30. The van der Waals surface area contributed by atoms with Crippen LogP contribution in [0.4, 0.5) is 11.4 Å². The molecule has 4 nitrogen and oxygen atoms in total. The molecule has 0 saturated carbocycles. The molecule has 3 rings (SSSR count). The predicted molar refractivity (Wildman–Crippen MR) is 70.0 cm³/mol. The van der Waals surface area contributed by atoms with E-state index in [1.807, 2.05) is 30.3 Å². The molecule has 0 radical (unpaired) electrons. The Balaban J connectivity index is 1.97. The van der Waals surface area contributed by atoms with E-state index < -0.39 is 0 Å². The van der Waals surface area contributed by atoms with Gasteiger partial charge in [-0.3, -0.25) is 9.78 Å². The Morgan fingerprint density at radius 3 is 2.78 bits per heavy atom. The summed E-state index contributed by atoms with van der Waals surface area (Å²) in [5, 5.41) is 0. The first-order valence-corrected chi connectivity index (χ1v) is 5.82. The van der Waals surface area contributed by atoms with Gasteiger partial charge in [0.2, 0.25) is 5.91 Å².